The molecule has 1 atom stereocenters. The number of alkyl halides is 3. The Balaban J connectivity index is 2.83. The van der Waals surface area contributed by atoms with Crippen LogP contribution < -0.4 is 10.6 Å². The first-order valence-electron chi connectivity index (χ1n) is 5.90. The van der Waals surface area contributed by atoms with Gasteiger partial charge in [0.15, 0.2) is 6.10 Å². The predicted octanol–water partition coefficient (Wildman–Crippen LogP) is 1.81. The molecule has 0 aliphatic heterocycles. The van der Waals surface area contributed by atoms with E-state index in [2.05, 4.69) is 20.6 Å². The largest absolute Gasteiger partial charge is 0.416 e. The van der Waals surface area contributed by atoms with Gasteiger partial charge in [-0.15, -0.1) is 0 Å². The van der Waals surface area contributed by atoms with Crippen molar-refractivity contribution in [3.8, 4) is 0 Å². The Bertz CT molecular complexity index is 411. The molecule has 108 valence electrons. The Kier molecular flexibility index (Phi) is 5.34. The Hall–Kier alpha value is -1.57. The molecular weight excluding hydrogens is 261 g/mol. The van der Waals surface area contributed by atoms with Gasteiger partial charge in [0.25, 0.3) is 0 Å². The molecule has 8 heteroatoms. The fourth-order valence-electron chi connectivity index (χ4n) is 1.58. The number of aliphatic hydroxyl groups is 1. The maximum Gasteiger partial charge on any atom is 0.416 e. The number of aromatic nitrogens is 2. The number of nitrogens with one attached hydrogen (secondary N) is 2. The van der Waals surface area contributed by atoms with E-state index in [-0.39, 0.29) is 0 Å². The van der Waals surface area contributed by atoms with Gasteiger partial charge >= 0.3 is 6.18 Å². The van der Waals surface area contributed by atoms with Crippen LogP contribution >= 0.6 is 0 Å². The molecule has 0 saturated carbocycles. The average Bonchev–Trinajstić information content (AvgIpc) is 2.36. The van der Waals surface area contributed by atoms with E-state index in [4.69, 9.17) is 5.11 Å². The summed E-state index contributed by atoms with van der Waals surface area (Å²) in [5.74, 6) is 0.880. The van der Waals surface area contributed by atoms with Crippen LogP contribution in [0.2, 0.25) is 0 Å². The third-order valence-corrected chi connectivity index (χ3v) is 2.52. The van der Waals surface area contributed by atoms with Crippen LogP contribution in [-0.2, 0) is 6.42 Å². The van der Waals surface area contributed by atoms with Crippen LogP contribution in [0.3, 0.4) is 0 Å². The van der Waals surface area contributed by atoms with Gasteiger partial charge in [-0.1, -0.05) is 13.3 Å². The van der Waals surface area contributed by atoms with E-state index < -0.39 is 18.8 Å². The zero-order valence-electron chi connectivity index (χ0n) is 10.8. The van der Waals surface area contributed by atoms with Crippen molar-refractivity contribution in [2.75, 3.05) is 24.2 Å². The van der Waals surface area contributed by atoms with Crippen LogP contribution in [0.4, 0.5) is 24.8 Å². The summed E-state index contributed by atoms with van der Waals surface area (Å²) in [6.07, 6.45) is -4.38. The lowest BCUT2D eigenvalue weighted by molar-refractivity contribution is -0.198. The zero-order valence-corrected chi connectivity index (χ0v) is 10.8. The highest BCUT2D eigenvalue weighted by Gasteiger charge is 2.38. The van der Waals surface area contributed by atoms with Crippen LogP contribution in [-0.4, -0.2) is 40.9 Å². The first kappa shape index (κ1) is 15.5. The van der Waals surface area contributed by atoms with E-state index in [1.165, 1.54) is 6.33 Å². The first-order valence-corrected chi connectivity index (χ1v) is 5.90. The van der Waals surface area contributed by atoms with Gasteiger partial charge in [-0.3, -0.25) is 0 Å². The van der Waals surface area contributed by atoms with E-state index in [1.807, 2.05) is 6.92 Å². The summed E-state index contributed by atoms with van der Waals surface area (Å²) in [5.41, 5.74) is 0.710. The lowest BCUT2D eigenvalue weighted by atomic mass is 10.1. The number of rotatable bonds is 6. The van der Waals surface area contributed by atoms with E-state index >= 15 is 0 Å². The highest BCUT2D eigenvalue weighted by atomic mass is 19.4. The molecule has 1 rings (SSSR count). The maximum atomic E-state index is 12.2. The van der Waals surface area contributed by atoms with Crippen molar-refractivity contribution >= 4 is 11.6 Å². The number of anilines is 2. The van der Waals surface area contributed by atoms with Crippen LogP contribution in [0.1, 0.15) is 18.9 Å². The van der Waals surface area contributed by atoms with Gasteiger partial charge in [0.2, 0.25) is 0 Å². The number of hydrogen-bond acceptors (Lipinski definition) is 5. The van der Waals surface area contributed by atoms with Gasteiger partial charge in [-0.25, -0.2) is 9.97 Å². The monoisotopic (exact) mass is 278 g/mol. The van der Waals surface area contributed by atoms with Gasteiger partial charge in [0, 0.05) is 12.6 Å². The highest BCUT2D eigenvalue weighted by Crippen LogP contribution is 2.23. The van der Waals surface area contributed by atoms with Crippen LogP contribution in [0.25, 0.3) is 0 Å². The quantitative estimate of drug-likeness (QED) is 0.740. The molecule has 5 nitrogen and oxygen atoms in total. The van der Waals surface area contributed by atoms with Crippen molar-refractivity contribution in [3.05, 3.63) is 11.9 Å². The SMILES string of the molecule is CCCc1c(NC)ncnc1NCC(O)C(F)(F)F. The normalized spacial score (nSPS) is 13.2. The molecule has 1 heterocycles. The number of hydrogen-bond donors (Lipinski definition) is 3. The van der Waals surface area contributed by atoms with Crippen molar-refractivity contribution < 1.29 is 18.3 Å². The third kappa shape index (κ3) is 4.23. The fourth-order valence-corrected chi connectivity index (χ4v) is 1.58. The van der Waals surface area contributed by atoms with E-state index in [0.29, 0.717) is 23.6 Å². The summed E-state index contributed by atoms with van der Waals surface area (Å²) >= 11 is 0. The summed E-state index contributed by atoms with van der Waals surface area (Å²) in [6, 6.07) is 0. The summed E-state index contributed by atoms with van der Waals surface area (Å²) in [4.78, 5) is 7.92. The summed E-state index contributed by atoms with van der Waals surface area (Å²) < 4.78 is 36.6. The van der Waals surface area contributed by atoms with Crippen molar-refractivity contribution in [1.29, 1.82) is 0 Å². The van der Waals surface area contributed by atoms with Gasteiger partial charge in [0.1, 0.15) is 18.0 Å². The minimum absolute atomic E-state index is 0.310. The number of halogens is 3. The Morgan fingerprint density at radius 1 is 1.32 bits per heavy atom. The standard InChI is InChI=1S/C11H17F3N4O/c1-3-4-7-9(15-2)17-6-18-10(7)16-5-8(19)11(12,13)14/h6,8,19H,3-5H2,1-2H3,(H2,15,16,17,18). The van der Waals surface area contributed by atoms with Gasteiger partial charge < -0.3 is 15.7 Å². The molecule has 1 unspecified atom stereocenters. The number of nitrogens with zero attached hydrogens (tertiary/aromatic N) is 2. The average molecular weight is 278 g/mol. The van der Waals surface area contributed by atoms with E-state index in [0.717, 1.165) is 6.42 Å². The molecule has 0 spiro atoms. The molecule has 0 aromatic carbocycles. The fraction of sp³-hybridized carbons (Fsp3) is 0.636. The lowest BCUT2D eigenvalue weighted by Gasteiger charge is -2.17. The summed E-state index contributed by atoms with van der Waals surface area (Å²) in [7, 11) is 1.68. The summed E-state index contributed by atoms with van der Waals surface area (Å²) in [6.45, 7) is 1.31. The molecule has 0 aliphatic carbocycles. The minimum Gasteiger partial charge on any atom is -0.382 e. The van der Waals surface area contributed by atoms with Gasteiger partial charge in [0.05, 0.1) is 6.54 Å². The van der Waals surface area contributed by atoms with Gasteiger partial charge in [-0.05, 0) is 6.42 Å². The van der Waals surface area contributed by atoms with Crippen molar-refractivity contribution in [3.63, 3.8) is 0 Å². The molecule has 0 bridgehead atoms. The molecule has 0 fully saturated rings. The molecule has 0 saturated heterocycles. The zero-order chi connectivity index (χ0) is 14.5. The second-order valence-corrected chi connectivity index (χ2v) is 3.99. The third-order valence-electron chi connectivity index (χ3n) is 2.52. The molecular formula is C11H17F3N4O. The Morgan fingerprint density at radius 2 is 1.95 bits per heavy atom. The molecule has 0 amide bonds. The second kappa shape index (κ2) is 6.55. The van der Waals surface area contributed by atoms with Crippen molar-refractivity contribution in [2.24, 2.45) is 0 Å². The number of aliphatic hydroxyl groups excluding tert-OH is 1. The molecule has 3 N–H and O–H groups in total. The maximum absolute atomic E-state index is 12.2. The van der Waals surface area contributed by atoms with Crippen LogP contribution in [0.15, 0.2) is 6.33 Å². The lowest BCUT2D eigenvalue weighted by Crippen LogP contribution is -2.35. The van der Waals surface area contributed by atoms with Crippen molar-refractivity contribution in [1.82, 2.24) is 9.97 Å². The molecule has 1 aromatic rings. The van der Waals surface area contributed by atoms with E-state index in [1.54, 1.807) is 7.05 Å². The smallest absolute Gasteiger partial charge is 0.382 e. The Morgan fingerprint density at radius 3 is 2.47 bits per heavy atom. The topological polar surface area (TPSA) is 70.1 Å². The van der Waals surface area contributed by atoms with Gasteiger partial charge in [-0.2, -0.15) is 13.2 Å². The molecule has 0 aliphatic rings. The predicted molar refractivity (Wildman–Crippen MR) is 66.1 cm³/mol. The molecule has 1 aromatic heterocycles. The second-order valence-electron chi connectivity index (χ2n) is 3.99. The van der Waals surface area contributed by atoms with Crippen LogP contribution in [0, 0.1) is 0 Å². The van der Waals surface area contributed by atoms with Crippen LogP contribution in [0.5, 0.6) is 0 Å². The summed E-state index contributed by atoms with van der Waals surface area (Å²) in [5, 5.41) is 14.3. The first-order chi connectivity index (χ1) is 8.90. The molecule has 0 radical (unpaired) electrons. The molecule has 19 heavy (non-hydrogen) atoms. The van der Waals surface area contributed by atoms with E-state index in [9.17, 15) is 13.2 Å². The Labute approximate surface area is 109 Å². The highest BCUT2D eigenvalue weighted by molar-refractivity contribution is 5.57. The van der Waals surface area contributed by atoms with Crippen molar-refractivity contribution in [2.45, 2.75) is 32.0 Å². The minimum atomic E-state index is -4.64.